The van der Waals surface area contributed by atoms with Crippen LogP contribution in [0.4, 0.5) is 17.1 Å². The third-order valence-corrected chi connectivity index (χ3v) is 13.7. The Morgan fingerprint density at radius 1 is 0.400 bits per heavy atom. The van der Waals surface area contributed by atoms with Crippen LogP contribution in [0.3, 0.4) is 0 Å². The van der Waals surface area contributed by atoms with Gasteiger partial charge in [-0.25, -0.2) is 0 Å². The molecule has 286 valence electrons. The molecule has 2 aliphatic rings. The minimum absolute atomic E-state index is 0.116. The fourth-order valence-corrected chi connectivity index (χ4v) is 10.6. The predicted octanol–water partition coefficient (Wildman–Crippen LogP) is 16.2. The van der Waals surface area contributed by atoms with Crippen LogP contribution in [-0.2, 0) is 10.8 Å². The van der Waals surface area contributed by atoms with Gasteiger partial charge in [0.05, 0.1) is 11.1 Å². The van der Waals surface area contributed by atoms with Crippen molar-refractivity contribution >= 4 is 49.8 Å². The summed E-state index contributed by atoms with van der Waals surface area (Å²) < 4.78 is 7.14. The zero-order valence-corrected chi connectivity index (χ0v) is 34.3. The summed E-state index contributed by atoms with van der Waals surface area (Å²) in [5.74, 6) is 0. The van der Waals surface area contributed by atoms with E-state index >= 15 is 0 Å². The van der Waals surface area contributed by atoms with Crippen molar-refractivity contribution in [1.29, 1.82) is 0 Å². The molecule has 2 heteroatoms. The van der Waals surface area contributed by atoms with Gasteiger partial charge in [0.2, 0.25) is 0 Å². The molecule has 0 radical (unpaired) electrons. The maximum absolute atomic E-state index is 7.14. The minimum Gasteiger partial charge on any atom is -0.455 e. The molecule has 2 nitrogen and oxygen atoms in total. The van der Waals surface area contributed by atoms with Crippen LogP contribution in [0.15, 0.2) is 192 Å². The van der Waals surface area contributed by atoms with E-state index in [-0.39, 0.29) is 10.8 Å². The summed E-state index contributed by atoms with van der Waals surface area (Å²) in [5.41, 5.74) is 20.2. The van der Waals surface area contributed by atoms with Gasteiger partial charge in [-0.2, -0.15) is 0 Å². The van der Waals surface area contributed by atoms with Gasteiger partial charge in [-0.3, -0.25) is 0 Å². The first-order valence-corrected chi connectivity index (χ1v) is 21.1. The van der Waals surface area contributed by atoms with Gasteiger partial charge in [-0.15, -0.1) is 0 Å². The van der Waals surface area contributed by atoms with Gasteiger partial charge in [0.15, 0.2) is 0 Å². The van der Waals surface area contributed by atoms with Gasteiger partial charge >= 0.3 is 0 Å². The zero-order valence-electron chi connectivity index (χ0n) is 34.3. The predicted molar refractivity (Wildman–Crippen MR) is 252 cm³/mol. The van der Waals surface area contributed by atoms with Gasteiger partial charge in [-0.1, -0.05) is 167 Å². The molecular formula is C58H43NO. The number of fused-ring (bicyclic) bond motifs is 10. The molecule has 0 amide bonds. The molecule has 0 spiro atoms. The van der Waals surface area contributed by atoms with Gasteiger partial charge in [-0.05, 0) is 121 Å². The summed E-state index contributed by atoms with van der Waals surface area (Å²) in [6.45, 7) is 9.42. The topological polar surface area (TPSA) is 16.4 Å². The zero-order chi connectivity index (χ0) is 40.3. The van der Waals surface area contributed by atoms with Crippen LogP contribution in [0.25, 0.3) is 77.2 Å². The molecule has 2 aliphatic carbocycles. The van der Waals surface area contributed by atoms with Crippen molar-refractivity contribution in [3.05, 3.63) is 210 Å². The van der Waals surface area contributed by atoms with Gasteiger partial charge in [0, 0.05) is 33.2 Å². The van der Waals surface area contributed by atoms with Crippen molar-refractivity contribution in [3.8, 4) is 44.5 Å². The molecule has 60 heavy (non-hydrogen) atoms. The van der Waals surface area contributed by atoms with Gasteiger partial charge in [0.1, 0.15) is 11.2 Å². The average molecular weight is 770 g/mol. The van der Waals surface area contributed by atoms with E-state index in [9.17, 15) is 0 Å². The highest BCUT2D eigenvalue weighted by Gasteiger charge is 2.37. The highest BCUT2D eigenvalue weighted by atomic mass is 16.3. The lowest BCUT2D eigenvalue weighted by molar-refractivity contribution is 0.660. The molecule has 0 fully saturated rings. The Labute approximate surface area is 351 Å². The van der Waals surface area contributed by atoms with E-state index < -0.39 is 0 Å². The summed E-state index contributed by atoms with van der Waals surface area (Å²) in [7, 11) is 0. The molecular weight excluding hydrogens is 727 g/mol. The van der Waals surface area contributed by atoms with Gasteiger partial charge < -0.3 is 9.32 Å². The second-order valence-corrected chi connectivity index (χ2v) is 17.7. The molecule has 12 rings (SSSR count). The summed E-state index contributed by atoms with van der Waals surface area (Å²) in [6.07, 6.45) is 0. The van der Waals surface area contributed by atoms with Crippen LogP contribution in [0.2, 0.25) is 0 Å². The molecule has 0 bridgehead atoms. The van der Waals surface area contributed by atoms with E-state index in [2.05, 4.69) is 221 Å². The van der Waals surface area contributed by atoms with Crippen molar-refractivity contribution in [2.75, 3.05) is 4.90 Å². The molecule has 0 saturated heterocycles. The van der Waals surface area contributed by atoms with Gasteiger partial charge in [0.25, 0.3) is 0 Å². The lowest BCUT2D eigenvalue weighted by Crippen LogP contribution is -2.16. The summed E-state index contributed by atoms with van der Waals surface area (Å²) >= 11 is 0. The first-order valence-electron chi connectivity index (χ1n) is 21.1. The summed E-state index contributed by atoms with van der Waals surface area (Å²) in [5, 5.41) is 4.59. The Bertz CT molecular complexity index is 3370. The highest BCUT2D eigenvalue weighted by molar-refractivity contribution is 6.22. The molecule has 0 atom stereocenters. The largest absolute Gasteiger partial charge is 0.455 e. The average Bonchev–Trinajstić information content (AvgIpc) is 3.85. The molecule has 1 heterocycles. The van der Waals surface area contributed by atoms with Crippen molar-refractivity contribution in [2.45, 2.75) is 38.5 Å². The molecule has 9 aromatic carbocycles. The van der Waals surface area contributed by atoms with Crippen LogP contribution < -0.4 is 4.90 Å². The quantitative estimate of drug-likeness (QED) is 0.173. The normalized spacial score (nSPS) is 14.3. The van der Waals surface area contributed by atoms with Crippen LogP contribution in [0.5, 0.6) is 0 Å². The molecule has 0 aliphatic heterocycles. The Morgan fingerprint density at radius 3 is 1.70 bits per heavy atom. The number of furan rings is 1. The lowest BCUT2D eigenvalue weighted by Gasteiger charge is -2.29. The number of hydrogen-bond acceptors (Lipinski definition) is 2. The lowest BCUT2D eigenvalue weighted by atomic mass is 9.81. The number of rotatable bonds is 5. The highest BCUT2D eigenvalue weighted by Crippen LogP contribution is 2.54. The van der Waals surface area contributed by atoms with Crippen LogP contribution in [-0.4, -0.2) is 0 Å². The third-order valence-electron chi connectivity index (χ3n) is 13.7. The van der Waals surface area contributed by atoms with E-state index in [1.807, 2.05) is 0 Å². The monoisotopic (exact) mass is 769 g/mol. The summed E-state index contributed by atoms with van der Waals surface area (Å²) in [6, 6.07) is 69.2. The van der Waals surface area contributed by atoms with Crippen molar-refractivity contribution in [2.24, 2.45) is 0 Å². The fraction of sp³-hybridized carbons (Fsp3) is 0.103. The SMILES string of the molecule is CC1(C)c2ccccc2-c2ccc(-c3c4ccccc4cc4c3oc3cccc(N(c5ccc(-c6ccccc6)cc5)c5ccc6c(c5)C(C)(C)c5ccccc5-6)c34)cc21. The second kappa shape index (κ2) is 12.7. The first-order chi connectivity index (χ1) is 29.3. The molecule has 0 unspecified atom stereocenters. The smallest absolute Gasteiger partial charge is 0.143 e. The fourth-order valence-electron chi connectivity index (χ4n) is 10.6. The Morgan fingerprint density at radius 2 is 0.967 bits per heavy atom. The van der Waals surface area contributed by atoms with E-state index in [0.29, 0.717) is 0 Å². The van der Waals surface area contributed by atoms with E-state index in [4.69, 9.17) is 4.42 Å². The maximum atomic E-state index is 7.14. The van der Waals surface area contributed by atoms with E-state index in [0.717, 1.165) is 44.6 Å². The third kappa shape index (κ3) is 4.94. The Hall–Kier alpha value is -7.16. The number of hydrogen-bond donors (Lipinski definition) is 0. The Balaban J connectivity index is 1.10. The van der Waals surface area contributed by atoms with Crippen LogP contribution in [0.1, 0.15) is 49.9 Å². The van der Waals surface area contributed by atoms with Crippen molar-refractivity contribution in [3.63, 3.8) is 0 Å². The van der Waals surface area contributed by atoms with Crippen LogP contribution >= 0.6 is 0 Å². The molecule has 10 aromatic rings. The number of anilines is 3. The maximum Gasteiger partial charge on any atom is 0.143 e. The van der Waals surface area contributed by atoms with Crippen molar-refractivity contribution < 1.29 is 4.42 Å². The minimum atomic E-state index is -0.140. The van der Waals surface area contributed by atoms with E-state index in [1.54, 1.807) is 0 Å². The molecule has 1 aromatic heterocycles. The standard InChI is InChI=1S/C58H43NO/c1-57(2)48-21-12-10-19-43(48)45-31-27-39(34-50(45)57)54-42-18-9-8-17-38(42)33-47-55-52(23-14-24-53(55)60-56(47)54)59(40-28-25-37(26-29-40)36-15-6-5-7-16-36)41-30-32-46-44-20-11-13-22-49(44)58(3,4)51(46)35-41/h5-35H,1-4H3. The van der Waals surface area contributed by atoms with Crippen molar-refractivity contribution in [1.82, 2.24) is 0 Å². The number of nitrogens with zero attached hydrogens (tertiary/aromatic N) is 1. The molecule has 0 saturated carbocycles. The second-order valence-electron chi connectivity index (χ2n) is 17.7. The first kappa shape index (κ1) is 34.8. The Kier molecular flexibility index (Phi) is 7.36. The number of benzene rings is 9. The van der Waals surface area contributed by atoms with E-state index in [1.165, 1.54) is 72.0 Å². The molecule has 0 N–H and O–H groups in total. The summed E-state index contributed by atoms with van der Waals surface area (Å²) in [4.78, 5) is 2.44. The van der Waals surface area contributed by atoms with Crippen LogP contribution in [0, 0.1) is 0 Å².